The highest BCUT2D eigenvalue weighted by Gasteiger charge is 2.16. The van der Waals surface area contributed by atoms with Crippen LogP contribution in [-0.4, -0.2) is 37.9 Å². The van der Waals surface area contributed by atoms with Crippen molar-refractivity contribution < 1.29 is 14.1 Å². The highest BCUT2D eigenvalue weighted by Crippen LogP contribution is 2.20. The average molecular weight is 255 g/mol. The van der Waals surface area contributed by atoms with Crippen LogP contribution < -0.4 is 10.6 Å². The molecule has 2 N–H and O–H groups in total. The van der Waals surface area contributed by atoms with E-state index in [0.29, 0.717) is 13.2 Å². The average Bonchev–Trinajstić information content (AvgIpc) is 2.66. The first kappa shape index (κ1) is 14.7. The molecule has 0 aliphatic carbocycles. The lowest BCUT2D eigenvalue weighted by atomic mass is 10.1. The number of aryl methyl sites for hydroxylation is 2. The minimum absolute atomic E-state index is 0.0319. The first-order valence-electron chi connectivity index (χ1n) is 5.98. The number of nitrogens with one attached hydrogen (secondary N) is 2. The van der Waals surface area contributed by atoms with Crippen molar-refractivity contribution in [1.82, 2.24) is 15.8 Å². The third kappa shape index (κ3) is 4.12. The summed E-state index contributed by atoms with van der Waals surface area (Å²) in [7, 11) is 1.60. The van der Waals surface area contributed by atoms with Crippen LogP contribution in [0.1, 0.15) is 30.0 Å². The van der Waals surface area contributed by atoms with Crippen LogP contribution in [0, 0.1) is 13.8 Å². The van der Waals surface area contributed by atoms with E-state index in [1.54, 1.807) is 7.11 Å². The molecule has 1 aromatic rings. The van der Waals surface area contributed by atoms with Gasteiger partial charge in [-0.1, -0.05) is 5.16 Å². The van der Waals surface area contributed by atoms with Gasteiger partial charge >= 0.3 is 0 Å². The zero-order chi connectivity index (χ0) is 13.5. The van der Waals surface area contributed by atoms with Gasteiger partial charge in [0.1, 0.15) is 5.76 Å². The zero-order valence-corrected chi connectivity index (χ0v) is 11.4. The monoisotopic (exact) mass is 255 g/mol. The van der Waals surface area contributed by atoms with Crippen molar-refractivity contribution in [3.05, 3.63) is 17.0 Å². The molecule has 0 bridgehead atoms. The number of hydrogen-bond acceptors (Lipinski definition) is 5. The highest BCUT2D eigenvalue weighted by molar-refractivity contribution is 5.78. The predicted molar refractivity (Wildman–Crippen MR) is 67.3 cm³/mol. The number of aromatic nitrogens is 1. The summed E-state index contributed by atoms with van der Waals surface area (Å²) in [6.45, 7) is 7.04. The summed E-state index contributed by atoms with van der Waals surface area (Å²) in [5.74, 6) is 0.734. The van der Waals surface area contributed by atoms with E-state index in [9.17, 15) is 4.79 Å². The quantitative estimate of drug-likeness (QED) is 0.702. The molecule has 1 aromatic heterocycles. The number of methoxy groups -OCH3 is 1. The van der Waals surface area contributed by atoms with Crippen molar-refractivity contribution in [2.75, 3.05) is 26.8 Å². The van der Waals surface area contributed by atoms with Gasteiger partial charge in [0.15, 0.2) is 0 Å². The van der Waals surface area contributed by atoms with Crippen LogP contribution in [0.4, 0.5) is 0 Å². The fraction of sp³-hybridized carbons (Fsp3) is 0.667. The van der Waals surface area contributed by atoms with E-state index >= 15 is 0 Å². The van der Waals surface area contributed by atoms with Crippen LogP contribution in [0.2, 0.25) is 0 Å². The predicted octanol–water partition coefficient (Wildman–Crippen LogP) is 0.705. The molecule has 18 heavy (non-hydrogen) atoms. The lowest BCUT2D eigenvalue weighted by Gasteiger charge is -2.13. The smallest absolute Gasteiger partial charge is 0.234 e. The van der Waals surface area contributed by atoms with Gasteiger partial charge in [-0.25, -0.2) is 0 Å². The standard InChI is InChI=1S/C12H21N3O3/c1-8(12-9(2)15-18-10(12)3)14-7-11(16)13-5-6-17-4/h8,14H,5-7H2,1-4H3,(H,13,16). The Bertz CT molecular complexity index is 370. The molecule has 6 heteroatoms. The van der Waals surface area contributed by atoms with E-state index in [1.165, 1.54) is 0 Å². The van der Waals surface area contributed by atoms with Crippen molar-refractivity contribution in [3.8, 4) is 0 Å². The molecule has 102 valence electrons. The molecule has 1 amide bonds. The molecule has 0 aliphatic rings. The fourth-order valence-electron chi connectivity index (χ4n) is 1.81. The van der Waals surface area contributed by atoms with Crippen molar-refractivity contribution in [3.63, 3.8) is 0 Å². The van der Waals surface area contributed by atoms with Gasteiger partial charge < -0.3 is 19.9 Å². The first-order valence-corrected chi connectivity index (χ1v) is 5.98. The number of hydrogen-bond donors (Lipinski definition) is 2. The number of amides is 1. The van der Waals surface area contributed by atoms with E-state index < -0.39 is 0 Å². The van der Waals surface area contributed by atoms with Crippen LogP contribution in [0.3, 0.4) is 0 Å². The van der Waals surface area contributed by atoms with Crippen molar-refractivity contribution >= 4 is 5.91 Å². The molecular formula is C12H21N3O3. The van der Waals surface area contributed by atoms with Crippen LogP contribution in [-0.2, 0) is 9.53 Å². The molecule has 0 saturated carbocycles. The van der Waals surface area contributed by atoms with Crippen LogP contribution in [0.5, 0.6) is 0 Å². The van der Waals surface area contributed by atoms with E-state index in [0.717, 1.165) is 17.0 Å². The molecule has 0 saturated heterocycles. The van der Waals surface area contributed by atoms with Crippen LogP contribution >= 0.6 is 0 Å². The summed E-state index contributed by atoms with van der Waals surface area (Å²) in [5.41, 5.74) is 1.87. The number of nitrogens with zero attached hydrogens (tertiary/aromatic N) is 1. The van der Waals surface area contributed by atoms with Crippen LogP contribution in [0.15, 0.2) is 4.52 Å². The van der Waals surface area contributed by atoms with Gasteiger partial charge in [0.05, 0.1) is 18.8 Å². The largest absolute Gasteiger partial charge is 0.383 e. The molecular weight excluding hydrogens is 234 g/mol. The number of carbonyl (C=O) groups is 1. The van der Waals surface area contributed by atoms with E-state index in [4.69, 9.17) is 9.26 Å². The fourth-order valence-corrected chi connectivity index (χ4v) is 1.81. The minimum Gasteiger partial charge on any atom is -0.383 e. The molecule has 0 aromatic carbocycles. The van der Waals surface area contributed by atoms with Gasteiger partial charge in [0.2, 0.25) is 5.91 Å². The lowest BCUT2D eigenvalue weighted by Crippen LogP contribution is -2.36. The zero-order valence-electron chi connectivity index (χ0n) is 11.4. The normalized spacial score (nSPS) is 12.4. The molecule has 0 spiro atoms. The number of carbonyl (C=O) groups excluding carboxylic acids is 1. The summed E-state index contributed by atoms with van der Waals surface area (Å²) >= 11 is 0. The van der Waals surface area contributed by atoms with Crippen molar-refractivity contribution in [2.24, 2.45) is 0 Å². The van der Waals surface area contributed by atoms with Crippen LogP contribution in [0.25, 0.3) is 0 Å². The third-order valence-corrected chi connectivity index (χ3v) is 2.72. The van der Waals surface area contributed by atoms with Gasteiger partial charge in [-0.15, -0.1) is 0 Å². The van der Waals surface area contributed by atoms with Gasteiger partial charge in [-0.2, -0.15) is 0 Å². The second kappa shape index (κ2) is 7.13. The Morgan fingerprint density at radius 2 is 2.22 bits per heavy atom. The van der Waals surface area contributed by atoms with E-state index in [-0.39, 0.29) is 18.5 Å². The Morgan fingerprint density at radius 1 is 1.50 bits per heavy atom. The maximum Gasteiger partial charge on any atom is 0.234 e. The molecule has 1 rings (SSSR count). The Labute approximate surface area is 107 Å². The molecule has 0 fully saturated rings. The molecule has 1 unspecified atom stereocenters. The summed E-state index contributed by atoms with van der Waals surface area (Å²) < 4.78 is 9.95. The van der Waals surface area contributed by atoms with E-state index in [2.05, 4.69) is 15.8 Å². The van der Waals surface area contributed by atoms with E-state index in [1.807, 2.05) is 20.8 Å². The van der Waals surface area contributed by atoms with Gasteiger partial charge in [0, 0.05) is 25.3 Å². The second-order valence-corrected chi connectivity index (χ2v) is 4.18. The van der Waals surface area contributed by atoms with Gasteiger partial charge in [-0.3, -0.25) is 4.79 Å². The van der Waals surface area contributed by atoms with Crippen molar-refractivity contribution in [2.45, 2.75) is 26.8 Å². The minimum atomic E-state index is -0.0503. The Morgan fingerprint density at radius 3 is 2.78 bits per heavy atom. The molecule has 0 radical (unpaired) electrons. The topological polar surface area (TPSA) is 76.4 Å². The van der Waals surface area contributed by atoms with Gasteiger partial charge in [-0.05, 0) is 20.8 Å². The summed E-state index contributed by atoms with van der Waals surface area (Å²) in [6.07, 6.45) is 0. The molecule has 1 atom stereocenters. The van der Waals surface area contributed by atoms with Gasteiger partial charge in [0.25, 0.3) is 0 Å². The SMILES string of the molecule is COCCNC(=O)CNC(C)c1c(C)noc1C. The molecule has 1 heterocycles. The maximum atomic E-state index is 11.5. The highest BCUT2D eigenvalue weighted by atomic mass is 16.5. The maximum absolute atomic E-state index is 11.5. The summed E-state index contributed by atoms with van der Waals surface area (Å²) in [4.78, 5) is 11.5. The summed E-state index contributed by atoms with van der Waals surface area (Å²) in [5, 5.41) is 9.78. The Balaban J connectivity index is 2.37. The third-order valence-electron chi connectivity index (χ3n) is 2.72. The lowest BCUT2D eigenvalue weighted by molar-refractivity contribution is -0.120. The Hall–Kier alpha value is -1.40. The first-order chi connectivity index (χ1) is 8.56. The number of ether oxygens (including phenoxy) is 1. The number of rotatable bonds is 7. The van der Waals surface area contributed by atoms with Crippen molar-refractivity contribution in [1.29, 1.82) is 0 Å². The molecule has 6 nitrogen and oxygen atoms in total. The summed E-state index contributed by atoms with van der Waals surface area (Å²) in [6, 6.07) is 0.0319. The second-order valence-electron chi connectivity index (χ2n) is 4.18. The molecule has 0 aliphatic heterocycles. The Kier molecular flexibility index (Phi) is 5.80.